The minimum absolute atomic E-state index is 0.173. The highest BCUT2D eigenvalue weighted by Crippen LogP contribution is 2.53. The fourth-order valence-electron chi connectivity index (χ4n) is 9.34. The number of para-hydroxylation sites is 1. The van der Waals surface area contributed by atoms with Gasteiger partial charge in [-0.3, -0.25) is 0 Å². The van der Waals surface area contributed by atoms with Crippen molar-refractivity contribution < 1.29 is 0 Å². The molecule has 0 fully saturated rings. The molecule has 0 radical (unpaired) electrons. The highest BCUT2D eigenvalue weighted by Gasteiger charge is 2.38. The van der Waals surface area contributed by atoms with E-state index in [1.165, 1.54) is 99.8 Å². The van der Waals surface area contributed by atoms with Crippen molar-refractivity contribution in [1.29, 1.82) is 0 Å². The molecule has 2 aliphatic rings. The minimum Gasteiger partial charge on any atom is -0.313 e. The second-order valence-corrected chi connectivity index (χ2v) is 15.3. The van der Waals surface area contributed by atoms with Crippen LogP contribution < -0.4 is 0 Å². The van der Waals surface area contributed by atoms with Crippen LogP contribution in [0.5, 0.6) is 0 Å². The van der Waals surface area contributed by atoms with Crippen LogP contribution in [0.15, 0.2) is 164 Å². The predicted octanol–water partition coefficient (Wildman–Crippen LogP) is 13.3. The van der Waals surface area contributed by atoms with Crippen molar-refractivity contribution in [2.45, 2.75) is 32.1 Å². The summed E-state index contributed by atoms with van der Waals surface area (Å²) < 4.78 is 5.00. The summed E-state index contributed by atoms with van der Waals surface area (Å²) in [6.07, 6.45) is 6.82. The van der Waals surface area contributed by atoms with Gasteiger partial charge >= 0.3 is 0 Å². The Morgan fingerprint density at radius 2 is 0.962 bits per heavy atom. The van der Waals surface area contributed by atoms with E-state index in [-0.39, 0.29) is 5.41 Å². The first kappa shape index (κ1) is 30.3. The molecule has 0 unspecified atom stereocenters. The van der Waals surface area contributed by atoms with Gasteiger partial charge in [0.25, 0.3) is 0 Å². The number of aromatic nitrogens is 2. The minimum atomic E-state index is -0.173. The van der Waals surface area contributed by atoms with Crippen molar-refractivity contribution in [3.63, 3.8) is 0 Å². The molecule has 0 aliphatic heterocycles. The van der Waals surface area contributed by atoms with Crippen molar-refractivity contribution in [2.75, 3.05) is 0 Å². The first-order valence-corrected chi connectivity index (χ1v) is 18.8. The first-order chi connectivity index (χ1) is 26.0. The lowest BCUT2D eigenvalue weighted by Gasteiger charge is -2.22. The molecule has 0 amide bonds. The largest absolute Gasteiger partial charge is 0.313 e. The maximum Gasteiger partial charge on any atom is 0.0544 e. The molecule has 2 heteroatoms. The van der Waals surface area contributed by atoms with Crippen LogP contribution in [-0.2, 0) is 11.8 Å². The molecule has 2 aliphatic carbocycles. The Kier molecular flexibility index (Phi) is 6.46. The zero-order valence-corrected chi connectivity index (χ0v) is 30.0. The van der Waals surface area contributed by atoms with E-state index in [0.29, 0.717) is 0 Å². The summed E-state index contributed by atoms with van der Waals surface area (Å²) >= 11 is 0. The third-order valence-electron chi connectivity index (χ3n) is 12.0. The van der Waals surface area contributed by atoms with E-state index in [1.807, 2.05) is 0 Å². The van der Waals surface area contributed by atoms with E-state index in [2.05, 4.69) is 193 Å². The monoisotopic (exact) mass is 678 g/mol. The number of allylic oxidation sites excluding steroid dienone is 1. The van der Waals surface area contributed by atoms with E-state index >= 15 is 0 Å². The Morgan fingerprint density at radius 3 is 1.58 bits per heavy atom. The van der Waals surface area contributed by atoms with Gasteiger partial charge in [0.05, 0.1) is 16.6 Å². The number of fused-ring (bicyclic) bond motifs is 9. The third-order valence-corrected chi connectivity index (χ3v) is 12.0. The number of benzene rings is 7. The second-order valence-electron chi connectivity index (χ2n) is 15.3. The molecular formula is C51H38N2. The zero-order valence-electron chi connectivity index (χ0n) is 30.0. The number of hydrogen-bond acceptors (Lipinski definition) is 0. The fourth-order valence-corrected chi connectivity index (χ4v) is 9.34. The molecule has 0 N–H and O–H groups in total. The Balaban J connectivity index is 1.10. The van der Waals surface area contributed by atoms with Gasteiger partial charge in [-0.2, -0.15) is 0 Å². The van der Waals surface area contributed by atoms with Crippen LogP contribution in [-0.4, -0.2) is 9.13 Å². The third kappa shape index (κ3) is 4.45. The molecule has 2 heterocycles. The van der Waals surface area contributed by atoms with Crippen LogP contribution in [0.1, 0.15) is 42.7 Å². The van der Waals surface area contributed by atoms with E-state index in [4.69, 9.17) is 0 Å². The van der Waals surface area contributed by atoms with Gasteiger partial charge in [-0.15, -0.1) is 0 Å². The number of rotatable bonds is 4. The van der Waals surface area contributed by atoms with Crippen LogP contribution in [0.3, 0.4) is 0 Å². The average Bonchev–Trinajstić information content (AvgIpc) is 3.80. The maximum atomic E-state index is 2.54. The maximum absolute atomic E-state index is 2.54. The molecule has 9 aromatic rings. The molecule has 11 rings (SSSR count). The lowest BCUT2D eigenvalue weighted by atomic mass is 9.82. The van der Waals surface area contributed by atoms with Crippen LogP contribution in [0.2, 0.25) is 0 Å². The smallest absolute Gasteiger partial charge is 0.0544 e. The Hall–Kier alpha value is -6.38. The molecule has 0 spiro atoms. The summed E-state index contributed by atoms with van der Waals surface area (Å²) in [5, 5.41) is 3.93. The van der Waals surface area contributed by atoms with E-state index in [1.54, 1.807) is 0 Å². The van der Waals surface area contributed by atoms with Crippen molar-refractivity contribution in [3.05, 3.63) is 186 Å². The SMILES string of the molecule is CC1(C)c2cc3c(cc2-c2cc4c5ccccc5n(-c5ccc(-c6ccccc6)cc5)c4cc21)c1c(n3-c2ccc(-c3ccccc3)cc2)CCC=C1. The summed E-state index contributed by atoms with van der Waals surface area (Å²) in [5.41, 5.74) is 19.3. The van der Waals surface area contributed by atoms with Crippen molar-refractivity contribution in [2.24, 2.45) is 0 Å². The summed E-state index contributed by atoms with van der Waals surface area (Å²) in [4.78, 5) is 0. The fraction of sp³-hybridized carbons (Fsp3) is 0.0980. The van der Waals surface area contributed by atoms with Crippen LogP contribution in [0, 0.1) is 0 Å². The lowest BCUT2D eigenvalue weighted by molar-refractivity contribution is 0.661. The first-order valence-electron chi connectivity index (χ1n) is 18.8. The molecule has 2 aromatic heterocycles. The highest BCUT2D eigenvalue weighted by atomic mass is 15.0. The molecule has 2 nitrogen and oxygen atoms in total. The second kappa shape index (κ2) is 11.3. The van der Waals surface area contributed by atoms with Gasteiger partial charge in [0.1, 0.15) is 0 Å². The topological polar surface area (TPSA) is 9.86 Å². The molecular weight excluding hydrogens is 641 g/mol. The molecule has 53 heavy (non-hydrogen) atoms. The normalized spacial score (nSPS) is 14.2. The summed E-state index contributed by atoms with van der Waals surface area (Å²) in [5.74, 6) is 0. The lowest BCUT2D eigenvalue weighted by Crippen LogP contribution is -2.15. The van der Waals surface area contributed by atoms with Gasteiger partial charge in [0.2, 0.25) is 0 Å². The van der Waals surface area contributed by atoms with E-state index in [0.717, 1.165) is 12.8 Å². The summed E-state index contributed by atoms with van der Waals surface area (Å²) in [6, 6.07) is 58.4. The van der Waals surface area contributed by atoms with E-state index in [9.17, 15) is 0 Å². The van der Waals surface area contributed by atoms with Crippen molar-refractivity contribution in [1.82, 2.24) is 9.13 Å². The summed E-state index contributed by atoms with van der Waals surface area (Å²) in [7, 11) is 0. The Labute approximate surface area is 309 Å². The van der Waals surface area contributed by atoms with Gasteiger partial charge < -0.3 is 9.13 Å². The average molecular weight is 679 g/mol. The zero-order chi connectivity index (χ0) is 35.3. The number of nitrogens with zero attached hydrogens (tertiary/aromatic N) is 2. The highest BCUT2D eigenvalue weighted by molar-refractivity contribution is 6.12. The van der Waals surface area contributed by atoms with Crippen LogP contribution in [0.25, 0.3) is 83.5 Å². The van der Waals surface area contributed by atoms with Gasteiger partial charge in [-0.25, -0.2) is 0 Å². The standard InChI is InChI=1S/C51H38N2/c1-51(2)45-31-49-43(39-17-9-11-19-47(39)52(49)37-25-21-35(22-26-37)33-13-5-3-6-14-33)29-41(45)42-30-44-40-18-10-12-20-48(40)53(50(44)32-46(42)51)38-27-23-36(24-28-38)34-15-7-4-8-16-34/h3-11,13-19,21-32H,12,20H2,1-2H3. The molecule has 7 aromatic carbocycles. The molecule has 0 atom stereocenters. The Bertz CT molecular complexity index is 2920. The van der Waals surface area contributed by atoms with Crippen molar-refractivity contribution >= 4 is 38.8 Å². The van der Waals surface area contributed by atoms with Crippen LogP contribution >= 0.6 is 0 Å². The molecule has 0 saturated carbocycles. The van der Waals surface area contributed by atoms with Gasteiger partial charge in [-0.1, -0.05) is 129 Å². The molecule has 0 saturated heterocycles. The molecule has 252 valence electrons. The van der Waals surface area contributed by atoms with Gasteiger partial charge in [0.15, 0.2) is 0 Å². The number of hydrogen-bond donors (Lipinski definition) is 0. The summed E-state index contributed by atoms with van der Waals surface area (Å²) in [6.45, 7) is 4.83. The van der Waals surface area contributed by atoms with Crippen LogP contribution in [0.4, 0.5) is 0 Å². The predicted molar refractivity (Wildman–Crippen MR) is 223 cm³/mol. The molecule has 0 bridgehead atoms. The van der Waals surface area contributed by atoms with Crippen molar-refractivity contribution in [3.8, 4) is 44.8 Å². The Morgan fingerprint density at radius 1 is 0.453 bits per heavy atom. The van der Waals surface area contributed by atoms with Gasteiger partial charge in [-0.05, 0) is 112 Å². The van der Waals surface area contributed by atoms with Gasteiger partial charge in [0, 0.05) is 44.2 Å². The van der Waals surface area contributed by atoms with E-state index < -0.39 is 0 Å². The quantitative estimate of drug-likeness (QED) is 0.175.